The summed E-state index contributed by atoms with van der Waals surface area (Å²) in [5.41, 5.74) is 0. The van der Waals surface area contributed by atoms with Crippen LogP contribution in [0.2, 0.25) is 0 Å². The van der Waals surface area contributed by atoms with Crippen LogP contribution in [0.5, 0.6) is 5.75 Å². The van der Waals surface area contributed by atoms with Crippen molar-refractivity contribution in [3.63, 3.8) is 0 Å². The second kappa shape index (κ2) is 5.90. The first-order chi connectivity index (χ1) is 9.00. The second-order valence-electron chi connectivity index (χ2n) is 4.77. The molecule has 1 aliphatic rings. The number of rotatable bonds is 4. The van der Waals surface area contributed by atoms with Crippen molar-refractivity contribution in [2.45, 2.75) is 30.3 Å². The van der Waals surface area contributed by atoms with Gasteiger partial charge in [-0.1, -0.05) is 0 Å². The monoisotopic (exact) mass is 285 g/mol. The van der Waals surface area contributed by atoms with Gasteiger partial charge in [0.15, 0.2) is 0 Å². The molecule has 1 fully saturated rings. The Morgan fingerprint density at radius 1 is 1.32 bits per heavy atom. The Hall–Kier alpha value is -1.11. The van der Waals surface area contributed by atoms with Gasteiger partial charge in [0, 0.05) is 20.2 Å². The van der Waals surface area contributed by atoms with Crippen molar-refractivity contribution >= 4 is 10.0 Å². The zero-order valence-electron chi connectivity index (χ0n) is 10.9. The van der Waals surface area contributed by atoms with Crippen molar-refractivity contribution in [3.05, 3.63) is 24.3 Å². The van der Waals surface area contributed by atoms with Gasteiger partial charge >= 0.3 is 0 Å². The maximum Gasteiger partial charge on any atom is 0.242 e. The molecule has 1 aromatic carbocycles. The van der Waals surface area contributed by atoms with Crippen LogP contribution >= 0.6 is 0 Å². The van der Waals surface area contributed by atoms with Gasteiger partial charge in [-0.2, -0.15) is 4.31 Å². The van der Waals surface area contributed by atoms with Gasteiger partial charge in [0.25, 0.3) is 0 Å². The van der Waals surface area contributed by atoms with Crippen LogP contribution in [0, 0.1) is 0 Å². The van der Waals surface area contributed by atoms with Crippen LogP contribution in [-0.2, 0) is 14.8 Å². The molecule has 0 bridgehead atoms. The fourth-order valence-corrected chi connectivity index (χ4v) is 3.34. The number of phenols is 1. The van der Waals surface area contributed by atoms with Crippen LogP contribution in [0.3, 0.4) is 0 Å². The van der Waals surface area contributed by atoms with E-state index in [1.807, 2.05) is 0 Å². The van der Waals surface area contributed by atoms with Gasteiger partial charge in [0.2, 0.25) is 10.0 Å². The minimum Gasteiger partial charge on any atom is -0.508 e. The van der Waals surface area contributed by atoms with Gasteiger partial charge in [-0.05, 0) is 43.5 Å². The lowest BCUT2D eigenvalue weighted by Crippen LogP contribution is -2.37. The number of likely N-dealkylation sites (N-methyl/N-ethyl adjacent to an activating group) is 1. The molecule has 5 nitrogen and oxygen atoms in total. The Bertz CT molecular complexity index is 506. The molecular formula is C13H19NO4S. The Morgan fingerprint density at radius 3 is 2.58 bits per heavy atom. The lowest BCUT2D eigenvalue weighted by molar-refractivity contribution is 0.00858. The third kappa shape index (κ3) is 3.46. The standard InChI is InChI=1S/C13H19NO4S/c1-14(10-12-4-2-3-9-18-12)19(16,17)13-7-5-11(15)6-8-13/h5-8,12,15H,2-4,9-10H2,1H3. The second-order valence-corrected chi connectivity index (χ2v) is 6.81. The van der Waals surface area contributed by atoms with Gasteiger partial charge in [-0.15, -0.1) is 0 Å². The highest BCUT2D eigenvalue weighted by Gasteiger charge is 2.25. The van der Waals surface area contributed by atoms with Gasteiger partial charge in [0.1, 0.15) is 5.75 Å². The van der Waals surface area contributed by atoms with Crippen LogP contribution in [0.15, 0.2) is 29.2 Å². The van der Waals surface area contributed by atoms with E-state index in [9.17, 15) is 13.5 Å². The number of phenolic OH excluding ortho intramolecular Hbond substituents is 1. The van der Waals surface area contributed by atoms with Gasteiger partial charge in [-0.3, -0.25) is 0 Å². The van der Waals surface area contributed by atoms with Gasteiger partial charge in [0.05, 0.1) is 11.0 Å². The van der Waals surface area contributed by atoms with E-state index >= 15 is 0 Å². The molecule has 106 valence electrons. The molecule has 1 aliphatic heterocycles. The minimum atomic E-state index is -3.51. The van der Waals surface area contributed by atoms with E-state index in [1.54, 1.807) is 7.05 Å². The third-order valence-electron chi connectivity index (χ3n) is 3.28. The van der Waals surface area contributed by atoms with Crippen molar-refractivity contribution in [1.29, 1.82) is 0 Å². The Labute approximate surface area is 113 Å². The number of hydrogen-bond acceptors (Lipinski definition) is 4. The molecule has 0 amide bonds. The highest BCUT2D eigenvalue weighted by molar-refractivity contribution is 7.89. The van der Waals surface area contributed by atoms with E-state index < -0.39 is 10.0 Å². The maximum absolute atomic E-state index is 12.3. The molecule has 2 rings (SSSR count). The average Bonchev–Trinajstić information content (AvgIpc) is 2.40. The molecule has 0 spiro atoms. The summed E-state index contributed by atoms with van der Waals surface area (Å²) < 4.78 is 31.5. The number of hydrogen-bond donors (Lipinski definition) is 1. The molecule has 0 aromatic heterocycles. The van der Waals surface area contributed by atoms with E-state index in [0.717, 1.165) is 19.3 Å². The molecule has 6 heteroatoms. The zero-order valence-corrected chi connectivity index (χ0v) is 11.8. The van der Waals surface area contributed by atoms with Crippen molar-refractivity contribution in [3.8, 4) is 5.75 Å². The molecule has 0 radical (unpaired) electrons. The van der Waals surface area contributed by atoms with Gasteiger partial charge in [-0.25, -0.2) is 8.42 Å². The zero-order chi connectivity index (χ0) is 13.9. The number of nitrogens with zero attached hydrogens (tertiary/aromatic N) is 1. The number of aromatic hydroxyl groups is 1. The molecule has 0 aliphatic carbocycles. The first-order valence-corrected chi connectivity index (χ1v) is 7.81. The fraction of sp³-hybridized carbons (Fsp3) is 0.538. The number of sulfonamides is 1. The molecule has 1 heterocycles. The van der Waals surface area contributed by atoms with Crippen molar-refractivity contribution < 1.29 is 18.3 Å². The SMILES string of the molecule is CN(CC1CCCCO1)S(=O)(=O)c1ccc(O)cc1. The molecule has 1 aromatic rings. The smallest absolute Gasteiger partial charge is 0.242 e. The third-order valence-corrected chi connectivity index (χ3v) is 5.12. The molecule has 19 heavy (non-hydrogen) atoms. The summed E-state index contributed by atoms with van der Waals surface area (Å²) in [6.45, 7) is 1.07. The van der Waals surface area contributed by atoms with Crippen LogP contribution in [-0.4, -0.2) is 44.1 Å². The molecular weight excluding hydrogens is 266 g/mol. The summed E-state index contributed by atoms with van der Waals surface area (Å²) in [6.07, 6.45) is 3.00. The first-order valence-electron chi connectivity index (χ1n) is 6.37. The molecule has 0 saturated carbocycles. The van der Waals surface area contributed by atoms with Crippen molar-refractivity contribution in [2.75, 3.05) is 20.2 Å². The maximum atomic E-state index is 12.3. The lowest BCUT2D eigenvalue weighted by atomic mass is 10.1. The predicted octanol–water partition coefficient (Wildman–Crippen LogP) is 1.58. The van der Waals surface area contributed by atoms with Crippen LogP contribution < -0.4 is 0 Å². The Balaban J connectivity index is 2.07. The van der Waals surface area contributed by atoms with E-state index in [1.165, 1.54) is 28.6 Å². The summed E-state index contributed by atoms with van der Waals surface area (Å²) in [5, 5.41) is 9.19. The molecule has 1 N–H and O–H groups in total. The molecule has 1 saturated heterocycles. The first kappa shape index (κ1) is 14.3. The van der Waals surface area contributed by atoms with E-state index in [-0.39, 0.29) is 16.7 Å². The van der Waals surface area contributed by atoms with E-state index in [4.69, 9.17) is 4.74 Å². The van der Waals surface area contributed by atoms with Crippen LogP contribution in [0.25, 0.3) is 0 Å². The van der Waals surface area contributed by atoms with E-state index in [0.29, 0.717) is 13.2 Å². The fourth-order valence-electron chi connectivity index (χ4n) is 2.13. The lowest BCUT2D eigenvalue weighted by Gasteiger charge is -2.27. The predicted molar refractivity (Wildman–Crippen MR) is 71.5 cm³/mol. The molecule has 1 unspecified atom stereocenters. The normalized spacial score (nSPS) is 20.6. The van der Waals surface area contributed by atoms with E-state index in [2.05, 4.69) is 0 Å². The van der Waals surface area contributed by atoms with Crippen LogP contribution in [0.1, 0.15) is 19.3 Å². The molecule has 1 atom stereocenters. The van der Waals surface area contributed by atoms with Crippen molar-refractivity contribution in [2.24, 2.45) is 0 Å². The Kier molecular flexibility index (Phi) is 4.44. The largest absolute Gasteiger partial charge is 0.508 e. The quantitative estimate of drug-likeness (QED) is 0.912. The summed E-state index contributed by atoms with van der Waals surface area (Å²) in [6, 6.07) is 5.56. The summed E-state index contributed by atoms with van der Waals surface area (Å²) in [4.78, 5) is 0.184. The highest BCUT2D eigenvalue weighted by atomic mass is 32.2. The number of ether oxygens (including phenoxy) is 1. The average molecular weight is 285 g/mol. The van der Waals surface area contributed by atoms with Crippen molar-refractivity contribution in [1.82, 2.24) is 4.31 Å². The van der Waals surface area contributed by atoms with Gasteiger partial charge < -0.3 is 9.84 Å². The highest BCUT2D eigenvalue weighted by Crippen LogP contribution is 2.20. The van der Waals surface area contributed by atoms with Crippen LogP contribution in [0.4, 0.5) is 0 Å². The Morgan fingerprint density at radius 2 is 2.00 bits per heavy atom. The minimum absolute atomic E-state index is 0.0226. The topological polar surface area (TPSA) is 66.8 Å². The summed E-state index contributed by atoms with van der Waals surface area (Å²) in [7, 11) is -1.96. The summed E-state index contributed by atoms with van der Waals surface area (Å²) >= 11 is 0. The summed E-state index contributed by atoms with van der Waals surface area (Å²) in [5.74, 6) is 0.0530. The number of benzene rings is 1.